The smallest absolute Gasteiger partial charge is 0.220 e. The van der Waals surface area contributed by atoms with E-state index in [-0.39, 0.29) is 5.91 Å². The van der Waals surface area contributed by atoms with Crippen molar-refractivity contribution in [3.63, 3.8) is 0 Å². The molecule has 0 atom stereocenters. The van der Waals surface area contributed by atoms with Crippen LogP contribution in [0.4, 0.5) is 0 Å². The fourth-order valence-corrected chi connectivity index (χ4v) is 3.52. The molecule has 0 aromatic rings. The molecule has 0 unspecified atom stereocenters. The van der Waals surface area contributed by atoms with Crippen LogP contribution in [0.25, 0.3) is 0 Å². The predicted molar refractivity (Wildman–Crippen MR) is 79.9 cm³/mol. The number of thioether (sulfide) groups is 1. The van der Waals surface area contributed by atoms with Gasteiger partial charge in [0.2, 0.25) is 5.91 Å². The minimum absolute atomic E-state index is 0.225. The Morgan fingerprint density at radius 3 is 2.50 bits per heavy atom. The summed E-state index contributed by atoms with van der Waals surface area (Å²) in [5.74, 6) is 0.225. The summed E-state index contributed by atoms with van der Waals surface area (Å²) in [6, 6.07) is 0. The van der Waals surface area contributed by atoms with E-state index < -0.39 is 0 Å². The second kappa shape index (κ2) is 8.81. The van der Waals surface area contributed by atoms with Crippen molar-refractivity contribution in [2.24, 2.45) is 5.73 Å². The molecule has 0 heterocycles. The molecule has 0 aromatic carbocycles. The summed E-state index contributed by atoms with van der Waals surface area (Å²) in [5.41, 5.74) is 5.44. The highest BCUT2D eigenvalue weighted by Gasteiger charge is 2.32. The molecular formula is C14H28N2OS. The van der Waals surface area contributed by atoms with Crippen molar-refractivity contribution < 1.29 is 4.79 Å². The van der Waals surface area contributed by atoms with Gasteiger partial charge in [0.1, 0.15) is 0 Å². The summed E-state index contributed by atoms with van der Waals surface area (Å²) in [6.45, 7) is 1.62. The minimum Gasteiger partial charge on any atom is -0.355 e. The highest BCUT2D eigenvalue weighted by Crippen LogP contribution is 2.39. The zero-order chi connectivity index (χ0) is 13.3. The lowest BCUT2D eigenvalue weighted by molar-refractivity contribution is -0.121. The van der Waals surface area contributed by atoms with Gasteiger partial charge in [0, 0.05) is 17.7 Å². The Bertz CT molecular complexity index is 240. The van der Waals surface area contributed by atoms with Crippen LogP contribution >= 0.6 is 11.8 Å². The molecule has 1 saturated carbocycles. The van der Waals surface area contributed by atoms with E-state index in [0.717, 1.165) is 38.8 Å². The molecule has 1 aliphatic rings. The second-order valence-electron chi connectivity index (χ2n) is 5.32. The van der Waals surface area contributed by atoms with Crippen LogP contribution in [0.5, 0.6) is 0 Å². The zero-order valence-corrected chi connectivity index (χ0v) is 12.5. The lowest BCUT2D eigenvalue weighted by atomic mass is 10.1. The number of hydrogen-bond donors (Lipinski definition) is 2. The van der Waals surface area contributed by atoms with Crippen LogP contribution < -0.4 is 11.1 Å². The highest BCUT2D eigenvalue weighted by molar-refractivity contribution is 8.00. The van der Waals surface area contributed by atoms with Crippen molar-refractivity contribution >= 4 is 17.7 Å². The third-order valence-electron chi connectivity index (χ3n) is 3.91. The van der Waals surface area contributed by atoms with E-state index in [1.807, 2.05) is 11.8 Å². The first-order valence-corrected chi connectivity index (χ1v) is 8.47. The van der Waals surface area contributed by atoms with E-state index in [4.69, 9.17) is 5.73 Å². The van der Waals surface area contributed by atoms with E-state index >= 15 is 0 Å². The third-order valence-corrected chi connectivity index (χ3v) is 5.33. The number of amides is 1. The summed E-state index contributed by atoms with van der Waals surface area (Å²) in [4.78, 5) is 11.7. The number of rotatable bonds is 9. The van der Waals surface area contributed by atoms with Crippen LogP contribution in [-0.2, 0) is 4.79 Å². The van der Waals surface area contributed by atoms with Crippen LogP contribution in [0.15, 0.2) is 0 Å². The number of nitrogens with two attached hydrogens (primary N) is 1. The Labute approximate surface area is 116 Å². The van der Waals surface area contributed by atoms with E-state index in [1.165, 1.54) is 25.7 Å². The first-order chi connectivity index (χ1) is 8.72. The molecule has 0 saturated heterocycles. The van der Waals surface area contributed by atoms with Gasteiger partial charge >= 0.3 is 0 Å². The van der Waals surface area contributed by atoms with Gasteiger partial charge in [-0.3, -0.25) is 4.79 Å². The summed E-state index contributed by atoms with van der Waals surface area (Å²) in [6.07, 6.45) is 12.3. The first-order valence-electron chi connectivity index (χ1n) is 7.24. The van der Waals surface area contributed by atoms with Gasteiger partial charge in [-0.1, -0.05) is 25.7 Å². The van der Waals surface area contributed by atoms with E-state index in [9.17, 15) is 4.79 Å². The number of hydrogen-bond acceptors (Lipinski definition) is 3. The van der Waals surface area contributed by atoms with Crippen molar-refractivity contribution in [3.05, 3.63) is 0 Å². The van der Waals surface area contributed by atoms with E-state index in [2.05, 4.69) is 11.6 Å². The maximum atomic E-state index is 11.7. The van der Waals surface area contributed by atoms with Crippen LogP contribution in [0, 0.1) is 0 Å². The zero-order valence-electron chi connectivity index (χ0n) is 11.7. The second-order valence-corrected chi connectivity index (χ2v) is 6.60. The molecule has 0 bridgehead atoms. The first kappa shape index (κ1) is 15.8. The van der Waals surface area contributed by atoms with Crippen molar-refractivity contribution in [2.45, 2.75) is 62.5 Å². The van der Waals surface area contributed by atoms with Gasteiger partial charge in [-0.05, 0) is 38.5 Å². The standard InChI is InChI=1S/C14H28N2OS/c1-18-14(9-5-6-10-14)12-16-13(17)8-4-2-3-7-11-15/h2-12,15H2,1H3,(H,16,17). The largest absolute Gasteiger partial charge is 0.355 e. The van der Waals surface area contributed by atoms with Crippen molar-refractivity contribution in [1.29, 1.82) is 0 Å². The number of carbonyl (C=O) groups excluding carboxylic acids is 1. The lowest BCUT2D eigenvalue weighted by Gasteiger charge is -2.26. The molecule has 3 nitrogen and oxygen atoms in total. The molecule has 0 aromatic heterocycles. The molecule has 1 amide bonds. The predicted octanol–water partition coefficient (Wildman–Crippen LogP) is 2.69. The summed E-state index contributed by atoms with van der Waals surface area (Å²) in [7, 11) is 0. The van der Waals surface area contributed by atoms with Crippen molar-refractivity contribution in [1.82, 2.24) is 5.32 Å². The summed E-state index contributed by atoms with van der Waals surface area (Å²) < 4.78 is 0.329. The number of nitrogens with one attached hydrogen (secondary N) is 1. The average molecular weight is 272 g/mol. The topological polar surface area (TPSA) is 55.1 Å². The SMILES string of the molecule is CSC1(CNC(=O)CCCCCCN)CCCC1. The maximum Gasteiger partial charge on any atom is 0.220 e. The van der Waals surface area contributed by atoms with E-state index in [0.29, 0.717) is 11.2 Å². The molecule has 0 aliphatic heterocycles. The van der Waals surface area contributed by atoms with Gasteiger partial charge < -0.3 is 11.1 Å². The molecule has 1 aliphatic carbocycles. The molecule has 3 N–H and O–H groups in total. The Morgan fingerprint density at radius 1 is 1.22 bits per heavy atom. The van der Waals surface area contributed by atoms with Crippen molar-refractivity contribution in [3.8, 4) is 0 Å². The summed E-state index contributed by atoms with van der Waals surface area (Å²) >= 11 is 1.93. The fraction of sp³-hybridized carbons (Fsp3) is 0.929. The molecule has 0 radical (unpaired) electrons. The highest BCUT2D eigenvalue weighted by atomic mass is 32.2. The van der Waals surface area contributed by atoms with Gasteiger partial charge in [-0.2, -0.15) is 11.8 Å². The minimum atomic E-state index is 0.225. The monoisotopic (exact) mass is 272 g/mol. The lowest BCUT2D eigenvalue weighted by Crippen LogP contribution is -2.38. The molecule has 1 rings (SSSR count). The normalized spacial score (nSPS) is 17.9. The van der Waals surface area contributed by atoms with Crippen molar-refractivity contribution in [2.75, 3.05) is 19.3 Å². The van der Waals surface area contributed by atoms with Crippen LogP contribution in [0.2, 0.25) is 0 Å². The summed E-state index contributed by atoms with van der Waals surface area (Å²) in [5, 5.41) is 3.12. The fourth-order valence-electron chi connectivity index (χ4n) is 2.60. The van der Waals surface area contributed by atoms with Gasteiger partial charge in [-0.15, -0.1) is 0 Å². The number of carbonyl (C=O) groups is 1. The van der Waals surface area contributed by atoms with Crippen LogP contribution in [-0.4, -0.2) is 30.0 Å². The molecule has 1 fully saturated rings. The Kier molecular flexibility index (Phi) is 7.75. The Morgan fingerprint density at radius 2 is 1.89 bits per heavy atom. The van der Waals surface area contributed by atoms with Crippen LogP contribution in [0.3, 0.4) is 0 Å². The molecule has 18 heavy (non-hydrogen) atoms. The van der Waals surface area contributed by atoms with Gasteiger partial charge in [-0.25, -0.2) is 0 Å². The average Bonchev–Trinajstić information content (AvgIpc) is 2.86. The molecule has 4 heteroatoms. The van der Waals surface area contributed by atoms with Crippen LogP contribution in [0.1, 0.15) is 57.8 Å². The molecule has 0 spiro atoms. The van der Waals surface area contributed by atoms with Gasteiger partial charge in [0.25, 0.3) is 0 Å². The Balaban J connectivity index is 2.09. The van der Waals surface area contributed by atoms with Gasteiger partial charge in [0.15, 0.2) is 0 Å². The molecule has 106 valence electrons. The maximum absolute atomic E-state index is 11.7. The quantitative estimate of drug-likeness (QED) is 0.635. The van der Waals surface area contributed by atoms with Gasteiger partial charge in [0.05, 0.1) is 0 Å². The van der Waals surface area contributed by atoms with E-state index in [1.54, 1.807) is 0 Å². The molecular weight excluding hydrogens is 244 g/mol. The number of unbranched alkanes of at least 4 members (excludes halogenated alkanes) is 3. The third kappa shape index (κ3) is 5.61. The Hall–Kier alpha value is -0.220.